The molecule has 4 rings (SSSR count). The molecule has 1 heterocycles. The van der Waals surface area contributed by atoms with E-state index < -0.39 is 10.0 Å². The number of hydrogen-bond acceptors (Lipinski definition) is 5. The summed E-state index contributed by atoms with van der Waals surface area (Å²) in [5.41, 5.74) is 2.09. The van der Waals surface area contributed by atoms with Crippen molar-refractivity contribution in [3.63, 3.8) is 0 Å². The van der Waals surface area contributed by atoms with E-state index in [0.717, 1.165) is 16.3 Å². The van der Waals surface area contributed by atoms with Crippen molar-refractivity contribution in [1.82, 2.24) is 9.97 Å². The molecule has 0 aliphatic rings. The predicted octanol–water partition coefficient (Wildman–Crippen LogP) is 3.92. The first-order valence-electron chi connectivity index (χ1n) is 9.60. The van der Waals surface area contributed by atoms with Gasteiger partial charge in [0.15, 0.2) is 0 Å². The van der Waals surface area contributed by atoms with Crippen LogP contribution >= 0.6 is 0 Å². The van der Waals surface area contributed by atoms with E-state index in [2.05, 4.69) is 20.0 Å². The maximum absolute atomic E-state index is 12.5. The number of benzene rings is 3. The van der Waals surface area contributed by atoms with Gasteiger partial charge in [0.2, 0.25) is 11.9 Å². The van der Waals surface area contributed by atoms with Gasteiger partial charge < -0.3 is 5.32 Å². The van der Waals surface area contributed by atoms with Gasteiger partial charge >= 0.3 is 0 Å². The van der Waals surface area contributed by atoms with Gasteiger partial charge in [-0.1, -0.05) is 42.5 Å². The number of anilines is 2. The van der Waals surface area contributed by atoms with Gasteiger partial charge in [0.05, 0.1) is 11.3 Å². The maximum Gasteiger partial charge on any atom is 0.264 e. The second-order valence-corrected chi connectivity index (χ2v) is 8.70. The van der Waals surface area contributed by atoms with E-state index in [1.807, 2.05) is 42.5 Å². The second-order valence-electron chi connectivity index (χ2n) is 7.01. The average molecular weight is 433 g/mol. The van der Waals surface area contributed by atoms with Gasteiger partial charge in [-0.2, -0.15) is 0 Å². The van der Waals surface area contributed by atoms with Gasteiger partial charge in [0.1, 0.15) is 0 Å². The van der Waals surface area contributed by atoms with Crippen molar-refractivity contribution in [1.29, 1.82) is 0 Å². The molecule has 0 radical (unpaired) electrons. The normalized spacial score (nSPS) is 11.3. The van der Waals surface area contributed by atoms with Crippen molar-refractivity contribution < 1.29 is 13.2 Å². The molecule has 0 spiro atoms. The summed E-state index contributed by atoms with van der Waals surface area (Å²) in [5.74, 6) is -0.175. The third-order valence-corrected chi connectivity index (χ3v) is 6.04. The molecule has 1 amide bonds. The highest BCUT2D eigenvalue weighted by Gasteiger charge is 2.16. The van der Waals surface area contributed by atoms with Crippen LogP contribution in [0.2, 0.25) is 0 Å². The Hall–Kier alpha value is -3.78. The molecule has 2 N–H and O–H groups in total. The Labute approximate surface area is 180 Å². The van der Waals surface area contributed by atoms with E-state index in [0.29, 0.717) is 11.4 Å². The maximum atomic E-state index is 12.5. The number of sulfonamides is 1. The van der Waals surface area contributed by atoms with Gasteiger partial charge in [-0.05, 0) is 53.6 Å². The molecule has 3 aromatic carbocycles. The quantitative estimate of drug-likeness (QED) is 0.481. The monoisotopic (exact) mass is 432 g/mol. The largest absolute Gasteiger partial charge is 0.326 e. The predicted molar refractivity (Wildman–Crippen MR) is 120 cm³/mol. The molecule has 8 heteroatoms. The lowest BCUT2D eigenvalue weighted by atomic mass is 10.0. The number of nitrogens with one attached hydrogen (secondary N) is 2. The first-order chi connectivity index (χ1) is 14.9. The molecule has 0 aliphatic heterocycles. The van der Waals surface area contributed by atoms with Crippen LogP contribution < -0.4 is 10.0 Å². The van der Waals surface area contributed by atoms with E-state index in [-0.39, 0.29) is 23.2 Å². The van der Waals surface area contributed by atoms with Crippen molar-refractivity contribution in [3.05, 3.63) is 90.3 Å². The Morgan fingerprint density at radius 2 is 1.68 bits per heavy atom. The van der Waals surface area contributed by atoms with E-state index in [4.69, 9.17) is 0 Å². The van der Waals surface area contributed by atoms with Gasteiger partial charge in [-0.3, -0.25) is 4.79 Å². The number of aryl methyl sites for hydroxylation is 1. The van der Waals surface area contributed by atoms with Crippen LogP contribution in [0.5, 0.6) is 0 Å². The molecular weight excluding hydrogens is 412 g/mol. The molecule has 0 unspecified atom stereocenters. The first-order valence-corrected chi connectivity index (χ1v) is 11.1. The number of carbonyl (C=O) groups excluding carboxylic acids is 1. The average Bonchev–Trinajstić information content (AvgIpc) is 2.74. The summed E-state index contributed by atoms with van der Waals surface area (Å²) in [6.07, 6.45) is 1.70. The topological polar surface area (TPSA) is 101 Å². The van der Waals surface area contributed by atoms with Gasteiger partial charge in [0.25, 0.3) is 10.0 Å². The van der Waals surface area contributed by atoms with Gasteiger partial charge in [-0.25, -0.2) is 23.1 Å². The van der Waals surface area contributed by atoms with Crippen molar-refractivity contribution in [2.24, 2.45) is 0 Å². The zero-order chi connectivity index (χ0) is 21.8. The summed E-state index contributed by atoms with van der Waals surface area (Å²) in [5, 5.41) is 4.92. The van der Waals surface area contributed by atoms with Crippen LogP contribution in [0.1, 0.15) is 11.3 Å². The fourth-order valence-electron chi connectivity index (χ4n) is 3.22. The van der Waals surface area contributed by atoms with E-state index in [1.54, 1.807) is 25.1 Å². The number of amides is 1. The van der Waals surface area contributed by atoms with E-state index in [9.17, 15) is 13.2 Å². The molecular formula is C23H20N4O3S. The smallest absolute Gasteiger partial charge is 0.264 e. The third-order valence-electron chi connectivity index (χ3n) is 4.70. The Morgan fingerprint density at radius 1 is 0.935 bits per heavy atom. The van der Waals surface area contributed by atoms with Crippen LogP contribution in [0, 0.1) is 6.92 Å². The lowest BCUT2D eigenvalue weighted by molar-refractivity contribution is -0.115. The minimum atomic E-state index is -3.84. The Balaban J connectivity index is 1.45. The van der Waals surface area contributed by atoms with Gasteiger partial charge in [-0.15, -0.1) is 0 Å². The lowest BCUT2D eigenvalue weighted by Crippen LogP contribution is -2.16. The van der Waals surface area contributed by atoms with Crippen molar-refractivity contribution in [3.8, 4) is 0 Å². The van der Waals surface area contributed by atoms with Crippen LogP contribution in [0.15, 0.2) is 83.9 Å². The van der Waals surface area contributed by atoms with Crippen molar-refractivity contribution in [2.75, 3.05) is 10.0 Å². The summed E-state index contributed by atoms with van der Waals surface area (Å²) < 4.78 is 27.4. The van der Waals surface area contributed by atoms with Crippen LogP contribution in [-0.2, 0) is 21.2 Å². The Morgan fingerprint density at radius 3 is 2.45 bits per heavy atom. The van der Waals surface area contributed by atoms with Crippen LogP contribution in [0.3, 0.4) is 0 Å². The SMILES string of the molecule is Cc1ccnc(NS(=O)(=O)c2ccc(NC(=O)Cc3cccc4ccccc34)cc2)n1. The molecule has 0 bridgehead atoms. The van der Waals surface area contributed by atoms with Crippen LogP contribution in [0.4, 0.5) is 11.6 Å². The number of hydrogen-bond donors (Lipinski definition) is 2. The van der Waals surface area contributed by atoms with Gasteiger partial charge in [0, 0.05) is 17.6 Å². The Kier molecular flexibility index (Phi) is 5.64. The van der Waals surface area contributed by atoms with Crippen LogP contribution in [-0.4, -0.2) is 24.3 Å². The highest BCUT2D eigenvalue weighted by molar-refractivity contribution is 7.92. The number of nitrogens with zero attached hydrogens (tertiary/aromatic N) is 2. The van der Waals surface area contributed by atoms with Crippen molar-refractivity contribution in [2.45, 2.75) is 18.2 Å². The summed E-state index contributed by atoms with van der Waals surface area (Å²) in [7, 11) is -3.84. The van der Waals surface area contributed by atoms with E-state index in [1.165, 1.54) is 18.3 Å². The summed E-state index contributed by atoms with van der Waals surface area (Å²) in [6, 6.07) is 21.4. The second kappa shape index (κ2) is 8.53. The molecule has 156 valence electrons. The minimum absolute atomic E-state index is 0.00691. The van der Waals surface area contributed by atoms with Crippen LogP contribution in [0.25, 0.3) is 10.8 Å². The molecule has 0 fully saturated rings. The number of rotatable bonds is 6. The molecule has 31 heavy (non-hydrogen) atoms. The summed E-state index contributed by atoms with van der Waals surface area (Å²) in [6.45, 7) is 1.75. The third kappa shape index (κ3) is 4.87. The summed E-state index contributed by atoms with van der Waals surface area (Å²) >= 11 is 0. The minimum Gasteiger partial charge on any atom is -0.326 e. The molecule has 4 aromatic rings. The standard InChI is InChI=1S/C23H20N4O3S/c1-16-13-14-24-23(25-16)27-31(29,30)20-11-9-19(10-12-20)26-22(28)15-18-7-4-6-17-5-2-3-8-21(17)18/h2-14H,15H2,1H3,(H,26,28)(H,24,25,27). The summed E-state index contributed by atoms with van der Waals surface area (Å²) in [4.78, 5) is 20.5. The molecule has 0 atom stereocenters. The molecule has 0 saturated carbocycles. The molecule has 7 nitrogen and oxygen atoms in total. The first kappa shape index (κ1) is 20.5. The van der Waals surface area contributed by atoms with E-state index >= 15 is 0 Å². The fourth-order valence-corrected chi connectivity index (χ4v) is 4.17. The zero-order valence-electron chi connectivity index (χ0n) is 16.7. The Bertz CT molecular complexity index is 1350. The number of aromatic nitrogens is 2. The highest BCUT2D eigenvalue weighted by Crippen LogP contribution is 2.20. The molecule has 0 saturated heterocycles. The zero-order valence-corrected chi connectivity index (χ0v) is 17.6. The highest BCUT2D eigenvalue weighted by atomic mass is 32.2. The van der Waals surface area contributed by atoms with Crippen molar-refractivity contribution >= 4 is 38.3 Å². The lowest BCUT2D eigenvalue weighted by Gasteiger charge is -2.10. The number of carbonyl (C=O) groups is 1. The molecule has 1 aromatic heterocycles. The molecule has 0 aliphatic carbocycles. The fraction of sp³-hybridized carbons (Fsp3) is 0.0870. The number of fused-ring (bicyclic) bond motifs is 1.